The Hall–Kier alpha value is -4.66. The highest BCUT2D eigenvalue weighted by atomic mass is 16.6. The van der Waals surface area contributed by atoms with Gasteiger partial charge in [0.25, 0.3) is 5.91 Å². The quantitative estimate of drug-likeness (QED) is 0.433. The smallest absolute Gasteiger partial charge is 0.349 e. The van der Waals surface area contributed by atoms with E-state index < -0.39 is 36.0 Å². The summed E-state index contributed by atoms with van der Waals surface area (Å²) in [6.45, 7) is 3.64. The van der Waals surface area contributed by atoms with Crippen molar-refractivity contribution in [1.82, 2.24) is 0 Å². The van der Waals surface area contributed by atoms with Crippen LogP contribution in [0, 0.1) is 13.8 Å². The molecular formula is C27H25NO8. The van der Waals surface area contributed by atoms with E-state index in [1.807, 2.05) is 13.8 Å². The van der Waals surface area contributed by atoms with Gasteiger partial charge < -0.3 is 24.6 Å². The van der Waals surface area contributed by atoms with Crippen molar-refractivity contribution >= 4 is 29.5 Å². The maximum Gasteiger partial charge on any atom is 0.349 e. The second-order valence-corrected chi connectivity index (χ2v) is 7.94. The molecule has 0 spiro atoms. The molecule has 0 aliphatic carbocycles. The summed E-state index contributed by atoms with van der Waals surface area (Å²) in [5.74, 6) is -4.20. The number of anilines is 1. The fraction of sp³-hybridized carbons (Fsp3) is 0.185. The molecule has 0 bridgehead atoms. The third kappa shape index (κ3) is 6.69. The minimum absolute atomic E-state index is 0.0728. The van der Waals surface area contributed by atoms with Gasteiger partial charge in [-0.05, 0) is 50.2 Å². The molecule has 9 heteroatoms. The zero-order chi connectivity index (χ0) is 26.2. The molecule has 0 saturated heterocycles. The van der Waals surface area contributed by atoms with Gasteiger partial charge in [0.05, 0.1) is 18.2 Å². The highest BCUT2D eigenvalue weighted by Gasteiger charge is 2.41. The van der Waals surface area contributed by atoms with Gasteiger partial charge in [-0.25, -0.2) is 14.4 Å². The molecule has 186 valence electrons. The number of hydrogen-bond acceptors (Lipinski definition) is 7. The summed E-state index contributed by atoms with van der Waals surface area (Å²) in [5, 5.41) is 12.3. The number of aliphatic carboxylic acids is 1. The fourth-order valence-corrected chi connectivity index (χ4v) is 3.15. The van der Waals surface area contributed by atoms with Crippen LogP contribution in [0.2, 0.25) is 0 Å². The Labute approximate surface area is 207 Å². The van der Waals surface area contributed by atoms with Crippen LogP contribution in [0.25, 0.3) is 0 Å². The van der Waals surface area contributed by atoms with E-state index in [9.17, 15) is 24.3 Å². The van der Waals surface area contributed by atoms with Crippen molar-refractivity contribution in [2.45, 2.75) is 26.1 Å². The van der Waals surface area contributed by atoms with E-state index in [-0.39, 0.29) is 16.8 Å². The van der Waals surface area contributed by atoms with Gasteiger partial charge in [-0.15, -0.1) is 0 Å². The molecule has 0 heterocycles. The third-order valence-electron chi connectivity index (χ3n) is 5.16. The van der Waals surface area contributed by atoms with E-state index in [1.165, 1.54) is 43.5 Å². The Bertz CT molecular complexity index is 1250. The van der Waals surface area contributed by atoms with Crippen LogP contribution in [-0.4, -0.2) is 48.2 Å². The molecule has 2 atom stereocenters. The summed E-state index contributed by atoms with van der Waals surface area (Å²) in [5.41, 5.74) is 2.18. The predicted octanol–water partition coefficient (Wildman–Crippen LogP) is 3.79. The zero-order valence-electron chi connectivity index (χ0n) is 19.9. The average molecular weight is 491 g/mol. The van der Waals surface area contributed by atoms with Gasteiger partial charge in [-0.3, -0.25) is 4.79 Å². The van der Waals surface area contributed by atoms with E-state index in [0.29, 0.717) is 5.75 Å². The highest BCUT2D eigenvalue weighted by molar-refractivity contribution is 6.01. The van der Waals surface area contributed by atoms with Crippen LogP contribution in [0.5, 0.6) is 5.75 Å². The number of aryl methyl sites for hydroxylation is 2. The lowest BCUT2D eigenvalue weighted by Gasteiger charge is -2.23. The van der Waals surface area contributed by atoms with Crippen LogP contribution < -0.4 is 10.1 Å². The number of hydrogen-bond donors (Lipinski definition) is 2. The Morgan fingerprint density at radius 3 is 1.72 bits per heavy atom. The molecular weight excluding hydrogens is 466 g/mol. The molecule has 0 aromatic heterocycles. The molecule has 0 aliphatic rings. The molecule has 0 aliphatic heterocycles. The summed E-state index contributed by atoms with van der Waals surface area (Å²) in [4.78, 5) is 50.7. The van der Waals surface area contributed by atoms with Gasteiger partial charge in [0, 0.05) is 11.8 Å². The number of methoxy groups -OCH3 is 1. The summed E-state index contributed by atoms with van der Waals surface area (Å²) < 4.78 is 15.6. The van der Waals surface area contributed by atoms with Gasteiger partial charge in [0.2, 0.25) is 12.2 Å². The Morgan fingerprint density at radius 1 is 0.750 bits per heavy atom. The normalized spacial score (nSPS) is 12.1. The fourth-order valence-electron chi connectivity index (χ4n) is 3.15. The summed E-state index contributed by atoms with van der Waals surface area (Å²) in [6, 6.07) is 18.8. The SMILES string of the molecule is COc1cccc(NC(=O)[C@H](OC(=O)c2ccc(C)cc2)[C@H](OC(=O)c2ccc(C)cc2)C(=O)O)c1. The third-order valence-corrected chi connectivity index (χ3v) is 5.16. The van der Waals surface area contributed by atoms with Crippen LogP contribution in [0.3, 0.4) is 0 Å². The van der Waals surface area contributed by atoms with Crippen molar-refractivity contribution in [2.24, 2.45) is 0 Å². The molecule has 1 amide bonds. The van der Waals surface area contributed by atoms with Crippen LogP contribution >= 0.6 is 0 Å². The first-order valence-electron chi connectivity index (χ1n) is 10.9. The first kappa shape index (κ1) is 26.0. The minimum Gasteiger partial charge on any atom is -0.497 e. The Balaban J connectivity index is 1.91. The molecule has 0 saturated carbocycles. The molecule has 9 nitrogen and oxygen atoms in total. The maximum absolute atomic E-state index is 13.2. The molecule has 0 fully saturated rings. The van der Waals surface area contributed by atoms with Crippen molar-refractivity contribution in [2.75, 3.05) is 12.4 Å². The van der Waals surface area contributed by atoms with Gasteiger partial charge in [-0.2, -0.15) is 0 Å². The second kappa shape index (κ2) is 11.7. The van der Waals surface area contributed by atoms with Gasteiger partial charge in [0.1, 0.15) is 5.75 Å². The lowest BCUT2D eigenvalue weighted by atomic mass is 10.1. The lowest BCUT2D eigenvalue weighted by Crippen LogP contribution is -2.48. The minimum atomic E-state index is -2.13. The number of esters is 2. The molecule has 3 rings (SSSR count). The van der Waals surface area contributed by atoms with Crippen molar-refractivity contribution in [3.05, 3.63) is 95.1 Å². The molecule has 36 heavy (non-hydrogen) atoms. The first-order valence-corrected chi connectivity index (χ1v) is 10.9. The number of carboxylic acid groups (broad SMARTS) is 1. The maximum atomic E-state index is 13.2. The lowest BCUT2D eigenvalue weighted by molar-refractivity contribution is -0.157. The van der Waals surface area contributed by atoms with Crippen LogP contribution in [0.4, 0.5) is 5.69 Å². The second-order valence-electron chi connectivity index (χ2n) is 7.94. The molecule has 3 aromatic rings. The summed E-state index contributed by atoms with van der Waals surface area (Å²) in [7, 11) is 1.44. The first-order chi connectivity index (χ1) is 17.2. The predicted molar refractivity (Wildman–Crippen MR) is 130 cm³/mol. The Morgan fingerprint density at radius 2 is 1.25 bits per heavy atom. The zero-order valence-corrected chi connectivity index (χ0v) is 19.9. The highest BCUT2D eigenvalue weighted by Crippen LogP contribution is 2.20. The van der Waals surface area contributed by atoms with Crippen LogP contribution in [0.15, 0.2) is 72.8 Å². The van der Waals surface area contributed by atoms with E-state index >= 15 is 0 Å². The number of carbonyl (C=O) groups is 4. The van der Waals surface area contributed by atoms with E-state index in [2.05, 4.69) is 5.32 Å². The number of ether oxygens (including phenoxy) is 3. The van der Waals surface area contributed by atoms with Crippen LogP contribution in [0.1, 0.15) is 31.8 Å². The number of carbonyl (C=O) groups excluding carboxylic acids is 3. The van der Waals surface area contributed by atoms with Crippen molar-refractivity contribution in [3.63, 3.8) is 0 Å². The standard InChI is InChI=1S/C27H25NO8/c1-16-7-11-18(12-8-16)26(32)35-22(24(29)28-20-5-4-6-21(15-20)34-3)23(25(30)31)36-27(33)19-13-9-17(2)10-14-19/h4-15,22-23H,1-3H3,(H,28,29)(H,30,31)/t22-,23+/m1/s1. The molecule has 3 aromatic carbocycles. The Kier molecular flexibility index (Phi) is 8.40. The number of benzene rings is 3. The summed E-state index contributed by atoms with van der Waals surface area (Å²) >= 11 is 0. The topological polar surface area (TPSA) is 128 Å². The largest absolute Gasteiger partial charge is 0.497 e. The van der Waals surface area contributed by atoms with Crippen LogP contribution in [-0.2, 0) is 19.1 Å². The van der Waals surface area contributed by atoms with Crippen molar-refractivity contribution in [3.8, 4) is 5.75 Å². The van der Waals surface area contributed by atoms with Gasteiger partial charge in [-0.1, -0.05) is 41.5 Å². The monoisotopic (exact) mass is 491 g/mol. The number of rotatable bonds is 9. The number of carboxylic acids is 1. The van der Waals surface area contributed by atoms with Gasteiger partial charge in [0.15, 0.2) is 0 Å². The van der Waals surface area contributed by atoms with Gasteiger partial charge >= 0.3 is 17.9 Å². The number of amides is 1. The molecule has 2 N–H and O–H groups in total. The average Bonchev–Trinajstić information content (AvgIpc) is 2.86. The molecule has 0 unspecified atom stereocenters. The van der Waals surface area contributed by atoms with Crippen molar-refractivity contribution < 1.29 is 38.5 Å². The number of nitrogens with one attached hydrogen (secondary N) is 1. The van der Waals surface area contributed by atoms with E-state index in [1.54, 1.807) is 36.4 Å². The molecule has 0 radical (unpaired) electrons. The van der Waals surface area contributed by atoms with Crippen molar-refractivity contribution in [1.29, 1.82) is 0 Å². The van der Waals surface area contributed by atoms with E-state index in [0.717, 1.165) is 11.1 Å². The summed E-state index contributed by atoms with van der Waals surface area (Å²) in [6.07, 6.45) is -4.13. The van der Waals surface area contributed by atoms with E-state index in [4.69, 9.17) is 14.2 Å².